The molecule has 0 saturated carbocycles. The van der Waals surface area contributed by atoms with Crippen LogP contribution >= 0.6 is 0 Å². The fraction of sp³-hybridized carbons (Fsp3) is 1.00. The molecule has 0 aromatic heterocycles. The van der Waals surface area contributed by atoms with Crippen LogP contribution in [0.2, 0.25) is 5.62 Å². The molecule has 73 heteroatoms. The van der Waals surface area contributed by atoms with Crippen LogP contribution in [0.1, 0.15) is 0 Å². The van der Waals surface area contributed by atoms with Gasteiger partial charge in [0.05, 0.1) is 0 Å². The Kier molecular flexibility index (Phi) is 38.3. The van der Waals surface area contributed by atoms with E-state index in [9.17, 15) is 0 Å². The fourth-order valence-electron chi connectivity index (χ4n) is 13.1. The maximum absolute atomic E-state index is 7.05. The Morgan fingerprint density at radius 2 is 0.203 bits per heavy atom. The summed E-state index contributed by atoms with van der Waals surface area (Å²) >= 11 is 0. The van der Waals surface area contributed by atoms with E-state index < -0.39 is 229 Å². The highest BCUT2D eigenvalue weighted by Gasteiger charge is 2.64. The van der Waals surface area contributed by atoms with Gasteiger partial charge in [0.2, 0.25) is 0 Å². The summed E-state index contributed by atoms with van der Waals surface area (Å²) < 4.78 is 0. The molecule has 0 bridgehead atoms. The third-order valence-corrected chi connectivity index (χ3v) is 15.6. The van der Waals surface area contributed by atoms with Crippen molar-refractivity contribution in [1.29, 1.82) is 0 Å². The summed E-state index contributed by atoms with van der Waals surface area (Å²) in [4.78, 5) is 0. The van der Waals surface area contributed by atoms with E-state index in [0.717, 1.165) is 0 Å². The Labute approximate surface area is 518 Å². The first-order valence-corrected chi connectivity index (χ1v) is 24.3. The van der Waals surface area contributed by atoms with Crippen LogP contribution in [0.4, 0.5) is 0 Å². The summed E-state index contributed by atoms with van der Waals surface area (Å²) in [5, 5.41) is 0. The van der Waals surface area contributed by atoms with E-state index in [1.807, 2.05) is 0 Å². The Morgan fingerprint density at radius 1 is 0.108 bits per heavy atom. The van der Waals surface area contributed by atoms with E-state index in [2.05, 4.69) is 0 Å². The molecule has 0 heterocycles. The standard InChI is InChI=1S/CHB73/c2-43(3)62(44(4)5)40(63(45(6)7)46(8)9)1(41(64(47(10)11)68(48(12)13)49(14)15)65(69(50(16)17)51(18)19)70(52(20)21)53(22)23)42(66(71(54(24)25)55(26)27)72(56(28)29)57(30)31)67(73(58(32)33)59(34)35)74(60(36)37)61(38)39/h1H. The molecule has 0 aromatic carbocycles. The largest absolute Gasteiger partial charge is 0.146 e. The van der Waals surface area contributed by atoms with Crippen molar-refractivity contribution in [2.24, 2.45) is 0 Å². The topological polar surface area (TPSA) is 0 Å². The van der Waals surface area contributed by atoms with E-state index in [-0.39, 0.29) is 0 Å². The second kappa shape index (κ2) is 36.0. The highest BCUT2D eigenvalue weighted by Crippen LogP contribution is 2.35. The molecule has 0 aliphatic heterocycles. The highest BCUT2D eigenvalue weighted by molar-refractivity contribution is 8.29. The van der Waals surface area contributed by atoms with Crippen molar-refractivity contribution < 1.29 is 0 Å². The zero-order chi connectivity index (χ0) is 58.8. The average molecular weight is 802 g/mol. The van der Waals surface area contributed by atoms with E-state index >= 15 is 0 Å². The lowest BCUT2D eigenvalue weighted by Crippen LogP contribution is -2.94. The molecule has 0 aliphatic rings. The van der Waals surface area contributed by atoms with Crippen LogP contribution in [0.15, 0.2) is 0 Å². The highest BCUT2D eigenvalue weighted by atomic mass is 13.7. The molecule has 1 unspecified atom stereocenters. The minimum absolute atomic E-state index is 1.48. The van der Waals surface area contributed by atoms with Gasteiger partial charge >= 0.3 is 0 Å². The van der Waals surface area contributed by atoms with Crippen molar-refractivity contribution in [2.45, 2.75) is 5.62 Å². The van der Waals surface area contributed by atoms with Crippen LogP contribution in [0.5, 0.6) is 0 Å². The molecule has 0 nitrogen and oxygen atoms in total. The zero-order valence-electron chi connectivity index (χ0n) is 42.7. The van der Waals surface area contributed by atoms with Gasteiger partial charge in [0.25, 0.3) is 0 Å². The zero-order valence-corrected chi connectivity index (χ0v) is 42.7. The van der Waals surface area contributed by atoms with Gasteiger partial charge in [0.15, 0.2) is 0 Å². The van der Waals surface area contributed by atoms with Crippen molar-refractivity contribution in [2.75, 3.05) is 0 Å². The maximum atomic E-state index is 7.05. The molecule has 224 valence electrons. The minimum Gasteiger partial charge on any atom is -0.146 e. The lowest BCUT2D eigenvalue weighted by atomic mass is 8.29. The molecule has 0 aromatic rings. The van der Waals surface area contributed by atoms with Crippen molar-refractivity contribution in [1.82, 2.24) is 0 Å². The van der Waals surface area contributed by atoms with Crippen LogP contribution in [0.3, 0.4) is 0 Å². The average Bonchev–Trinajstić information content (AvgIpc) is 3.16. The SMILES string of the molecule is [B]B([B])B(B([B])[B])B(B([B])[B])B(B(B(B([B])[B])B([B])[B])B(B([B])[B])B([B])[B])C(B(B(B([B])[B])B([B])[B])B(B([B])[B])B([B])[B])B(B(B(B([B])[B])B([B])[B])B(B([B])[B])B([B])[B])B(B(B([B])[B])B([B])[B])B(B([B])[B])B([B])[B]. The minimum atomic E-state index is -1.81. The molecule has 76 radical (unpaired) electrons. The molecular weight excluding hydrogens is 801 g/mol. The number of rotatable bonds is 35. The predicted molar refractivity (Wildman–Crippen MR) is 424 cm³/mol. The Balaban J connectivity index is 12.1. The maximum Gasteiger partial charge on any atom is 0.0294 e. The van der Waals surface area contributed by atoms with Gasteiger partial charge in [-0.2, -0.15) is 0 Å². The molecular formula is CHB73. The summed E-state index contributed by atoms with van der Waals surface area (Å²) in [6.07, 6.45) is -50.9. The van der Waals surface area contributed by atoms with Gasteiger partial charge in [0.1, 0.15) is 0 Å². The molecule has 0 N–H and O–H groups in total. The van der Waals surface area contributed by atoms with Crippen LogP contribution in [0, 0.1) is 0 Å². The van der Waals surface area contributed by atoms with Gasteiger partial charge < -0.3 is 0 Å². The van der Waals surface area contributed by atoms with Gasteiger partial charge in [-0.25, -0.2) is 0 Å². The summed E-state index contributed by atoms with van der Waals surface area (Å²) in [6.45, 7) is -5.18. The van der Waals surface area contributed by atoms with Gasteiger partial charge in [-0.05, 0) is 0 Å². The third-order valence-electron chi connectivity index (χ3n) is 15.6. The lowest BCUT2D eigenvalue weighted by Gasteiger charge is -2.61. The van der Waals surface area contributed by atoms with E-state index in [0.29, 0.717) is 0 Å². The molecule has 74 heavy (non-hydrogen) atoms. The smallest absolute Gasteiger partial charge is 0.0294 e. The number of hydrogen-bond donors (Lipinski definition) is 0. The number of hydrogen-bond acceptors (Lipinski definition) is 0. The first-order chi connectivity index (χ1) is 33.6. The molecule has 0 aliphatic carbocycles. The Hall–Kier alpha value is 4.74. The van der Waals surface area contributed by atoms with E-state index in [4.69, 9.17) is 294 Å². The van der Waals surface area contributed by atoms with Crippen molar-refractivity contribution in [3.63, 3.8) is 0 Å². The summed E-state index contributed by atoms with van der Waals surface area (Å²) in [6, 6.07) is 0. The van der Waals surface area contributed by atoms with Gasteiger partial charge in [0, 0.05) is 518 Å². The monoisotopic (exact) mass is 817 g/mol. The van der Waals surface area contributed by atoms with Crippen LogP contribution in [-0.2, 0) is 0 Å². The molecule has 0 spiro atoms. The van der Waals surface area contributed by atoms with Crippen LogP contribution < -0.4 is 0 Å². The van der Waals surface area contributed by atoms with E-state index in [1.165, 1.54) is 0 Å². The van der Waals surface area contributed by atoms with E-state index in [1.54, 1.807) is 0 Å². The summed E-state index contributed by atoms with van der Waals surface area (Å²) in [7, 11) is 258. The normalized spacial score (nSPS) is 10.3. The molecule has 0 saturated heterocycles. The Morgan fingerprint density at radius 3 is 0.324 bits per heavy atom. The first-order valence-electron chi connectivity index (χ1n) is 24.3. The second-order valence-corrected chi connectivity index (χ2v) is 20.8. The van der Waals surface area contributed by atoms with Gasteiger partial charge in [-0.15, -0.1) is 5.62 Å². The predicted octanol–water partition coefficient (Wildman–Crippen LogP) is -27.5. The Bertz CT molecular complexity index is 1230. The van der Waals surface area contributed by atoms with Crippen molar-refractivity contribution in [3.8, 4) is 0 Å². The molecule has 0 amide bonds. The van der Waals surface area contributed by atoms with Crippen molar-refractivity contribution in [3.05, 3.63) is 0 Å². The second-order valence-electron chi connectivity index (χ2n) is 20.8. The molecule has 0 rings (SSSR count). The summed E-state index contributed by atoms with van der Waals surface area (Å²) in [5.41, 5.74) is -1.81. The molecule has 0 fully saturated rings. The van der Waals surface area contributed by atoms with Gasteiger partial charge in [-0.3, -0.25) is 0 Å². The first kappa shape index (κ1) is 78.7. The lowest BCUT2D eigenvalue weighted by molar-refractivity contribution is 1.80. The van der Waals surface area contributed by atoms with Gasteiger partial charge in [-0.1, -0.05) is 0 Å². The molecule has 1 atom stereocenters. The van der Waals surface area contributed by atoms with Crippen LogP contribution in [-0.4, -0.2) is 518 Å². The third kappa shape index (κ3) is 21.0. The fourth-order valence-corrected chi connectivity index (χ4v) is 13.1. The summed E-state index contributed by atoms with van der Waals surface area (Å²) in [5.74, 6) is 0. The quantitative estimate of drug-likeness (QED) is 0.0560. The van der Waals surface area contributed by atoms with Crippen molar-refractivity contribution >= 4 is 518 Å². The van der Waals surface area contributed by atoms with Crippen LogP contribution in [0.25, 0.3) is 0 Å².